The van der Waals surface area contributed by atoms with Gasteiger partial charge in [0.05, 0.1) is 14.7 Å². The molecule has 4 aromatic rings. The van der Waals surface area contributed by atoms with Gasteiger partial charge in [0.25, 0.3) is 10.1 Å². The van der Waals surface area contributed by atoms with E-state index in [0.717, 1.165) is 0 Å². The summed E-state index contributed by atoms with van der Waals surface area (Å²) in [5.41, 5.74) is 1.06. The second-order valence-corrected chi connectivity index (χ2v) is 10.0. The number of hydrogen-bond acceptors (Lipinski definition) is 8. The Balaban J connectivity index is 1.63. The van der Waals surface area contributed by atoms with Gasteiger partial charge in [0.2, 0.25) is 9.84 Å². The molecule has 2 N–H and O–H groups in total. The largest absolute Gasteiger partial charge is 0.508 e. The van der Waals surface area contributed by atoms with E-state index in [2.05, 4.69) is 15.0 Å². The van der Waals surface area contributed by atoms with Crippen molar-refractivity contribution in [3.63, 3.8) is 0 Å². The molecule has 0 atom stereocenters. The molecule has 0 saturated heterocycles. The maximum atomic E-state index is 12.7. The van der Waals surface area contributed by atoms with Gasteiger partial charge >= 0.3 is 0 Å². The van der Waals surface area contributed by atoms with Gasteiger partial charge in [-0.15, -0.1) is 0 Å². The van der Waals surface area contributed by atoms with E-state index in [1.165, 1.54) is 67.0 Å². The van der Waals surface area contributed by atoms with Crippen LogP contribution in [0.1, 0.15) is 0 Å². The third kappa shape index (κ3) is 4.35. The number of aromatic nitrogens is 3. The number of phenolic OH excluding ortho intramolecular Hbond substituents is 1. The van der Waals surface area contributed by atoms with Crippen LogP contribution in [0.4, 0.5) is 0 Å². The number of hydrogen-bond donors (Lipinski definition) is 2. The average Bonchev–Trinajstić information content (AvgIpc) is 2.79. The lowest BCUT2D eigenvalue weighted by Gasteiger charge is -2.07. The van der Waals surface area contributed by atoms with Crippen molar-refractivity contribution in [1.82, 2.24) is 15.0 Å². The van der Waals surface area contributed by atoms with Crippen molar-refractivity contribution in [2.75, 3.05) is 0 Å². The summed E-state index contributed by atoms with van der Waals surface area (Å²) in [5, 5.41) is 9.36. The molecule has 1 heterocycles. The van der Waals surface area contributed by atoms with E-state index in [9.17, 15) is 21.9 Å². The van der Waals surface area contributed by atoms with Crippen molar-refractivity contribution in [2.45, 2.75) is 14.7 Å². The topological polar surface area (TPSA) is 147 Å². The van der Waals surface area contributed by atoms with E-state index in [1.54, 1.807) is 12.1 Å². The molecule has 0 aliphatic carbocycles. The third-order valence-corrected chi connectivity index (χ3v) is 7.21. The summed E-state index contributed by atoms with van der Waals surface area (Å²) in [6.07, 6.45) is 1.29. The van der Waals surface area contributed by atoms with E-state index >= 15 is 0 Å². The summed E-state index contributed by atoms with van der Waals surface area (Å²) < 4.78 is 56.9. The van der Waals surface area contributed by atoms with E-state index in [1.807, 2.05) is 0 Å². The molecule has 0 unspecified atom stereocenters. The van der Waals surface area contributed by atoms with Gasteiger partial charge in [0, 0.05) is 11.1 Å². The van der Waals surface area contributed by atoms with Gasteiger partial charge in [-0.05, 0) is 72.8 Å². The van der Waals surface area contributed by atoms with Gasteiger partial charge in [0.15, 0.2) is 11.6 Å². The zero-order chi connectivity index (χ0) is 22.9. The maximum Gasteiger partial charge on any atom is 0.294 e. The lowest BCUT2D eigenvalue weighted by atomic mass is 10.2. The third-order valence-electron chi connectivity index (χ3n) is 4.55. The number of sulfone groups is 1. The van der Waals surface area contributed by atoms with Crippen LogP contribution < -0.4 is 0 Å². The van der Waals surface area contributed by atoms with E-state index in [4.69, 9.17) is 4.55 Å². The van der Waals surface area contributed by atoms with Crippen LogP contribution in [0.25, 0.3) is 22.8 Å². The summed E-state index contributed by atoms with van der Waals surface area (Å²) in [5.74, 6) is 0.540. The predicted molar refractivity (Wildman–Crippen MR) is 114 cm³/mol. The van der Waals surface area contributed by atoms with Gasteiger partial charge in [-0.2, -0.15) is 8.42 Å². The van der Waals surface area contributed by atoms with Crippen molar-refractivity contribution >= 4 is 20.0 Å². The van der Waals surface area contributed by atoms with Crippen molar-refractivity contribution in [3.8, 4) is 28.5 Å². The molecular weight excluding hydrogens is 454 g/mol. The molecule has 9 nitrogen and oxygen atoms in total. The highest BCUT2D eigenvalue weighted by molar-refractivity contribution is 7.91. The minimum absolute atomic E-state index is 0.0300. The normalized spacial score (nSPS) is 11.9. The fourth-order valence-corrected chi connectivity index (χ4v) is 4.64. The van der Waals surface area contributed by atoms with Crippen molar-refractivity contribution < 1.29 is 26.5 Å². The number of benzene rings is 3. The molecule has 0 amide bonds. The second-order valence-electron chi connectivity index (χ2n) is 6.65. The van der Waals surface area contributed by atoms with Crippen LogP contribution in [0.5, 0.6) is 5.75 Å². The standard InChI is InChI=1S/C21H15N3O6S2/c25-16-5-11-18(12-6-16)31(26,27)17-7-1-14(2-8-17)20-22-13-23-21(24-20)15-3-9-19(10-4-15)32(28,29)30/h1-13,25H,(H,28,29,30). The first-order valence-corrected chi connectivity index (χ1v) is 12.0. The molecule has 0 radical (unpaired) electrons. The van der Waals surface area contributed by atoms with Gasteiger partial charge < -0.3 is 5.11 Å². The Bertz CT molecular complexity index is 1480. The highest BCUT2D eigenvalue weighted by Crippen LogP contribution is 2.26. The zero-order valence-corrected chi connectivity index (χ0v) is 17.8. The van der Waals surface area contributed by atoms with Crippen LogP contribution >= 0.6 is 0 Å². The summed E-state index contributed by atoms with van der Waals surface area (Å²) in [6, 6.07) is 16.6. The Morgan fingerprint density at radius 3 is 1.44 bits per heavy atom. The molecule has 0 fully saturated rings. The number of nitrogens with zero attached hydrogens (tertiary/aromatic N) is 3. The van der Waals surface area contributed by atoms with Gasteiger partial charge in [0.1, 0.15) is 12.1 Å². The van der Waals surface area contributed by atoms with E-state index < -0.39 is 20.0 Å². The van der Waals surface area contributed by atoms with Crippen LogP contribution in [-0.2, 0) is 20.0 Å². The monoisotopic (exact) mass is 469 g/mol. The summed E-state index contributed by atoms with van der Waals surface area (Å²) in [4.78, 5) is 12.4. The maximum absolute atomic E-state index is 12.7. The quantitative estimate of drug-likeness (QED) is 0.421. The Kier molecular flexibility index (Phi) is 5.46. The Morgan fingerprint density at radius 2 is 1.00 bits per heavy atom. The molecular formula is C21H15N3O6S2. The molecule has 3 aromatic carbocycles. The molecule has 0 bridgehead atoms. The highest BCUT2D eigenvalue weighted by Gasteiger charge is 2.18. The van der Waals surface area contributed by atoms with Gasteiger partial charge in [-0.25, -0.2) is 23.4 Å². The molecule has 0 spiro atoms. The van der Waals surface area contributed by atoms with Gasteiger partial charge in [-0.3, -0.25) is 4.55 Å². The van der Waals surface area contributed by atoms with Crippen LogP contribution in [0.15, 0.2) is 93.8 Å². The SMILES string of the molecule is O=S(=O)(O)c1ccc(-c2ncnc(-c3ccc(S(=O)(=O)c4ccc(O)cc4)cc3)n2)cc1. The molecule has 1 aromatic heterocycles. The average molecular weight is 470 g/mol. The fourth-order valence-electron chi connectivity index (χ4n) is 2.89. The van der Waals surface area contributed by atoms with Crippen molar-refractivity contribution in [1.29, 1.82) is 0 Å². The number of aromatic hydroxyl groups is 1. The lowest BCUT2D eigenvalue weighted by Crippen LogP contribution is -2.02. The van der Waals surface area contributed by atoms with Gasteiger partial charge in [-0.1, -0.05) is 0 Å². The molecule has 0 aliphatic rings. The first-order valence-electron chi connectivity index (χ1n) is 9.06. The number of rotatable bonds is 5. The summed E-state index contributed by atoms with van der Waals surface area (Å²) in [6.45, 7) is 0. The fraction of sp³-hybridized carbons (Fsp3) is 0. The highest BCUT2D eigenvalue weighted by atomic mass is 32.2. The Hall–Kier alpha value is -3.67. The minimum Gasteiger partial charge on any atom is -0.508 e. The Labute approximate surface area is 183 Å². The Morgan fingerprint density at radius 1 is 0.594 bits per heavy atom. The van der Waals surface area contributed by atoms with E-state index in [-0.39, 0.29) is 26.3 Å². The van der Waals surface area contributed by atoms with Crippen LogP contribution in [0.3, 0.4) is 0 Å². The zero-order valence-electron chi connectivity index (χ0n) is 16.2. The molecule has 0 saturated carbocycles. The van der Waals surface area contributed by atoms with Crippen LogP contribution in [0, 0.1) is 0 Å². The molecule has 4 rings (SSSR count). The van der Waals surface area contributed by atoms with Crippen LogP contribution in [0.2, 0.25) is 0 Å². The van der Waals surface area contributed by atoms with E-state index in [0.29, 0.717) is 17.0 Å². The van der Waals surface area contributed by atoms with Crippen LogP contribution in [-0.4, -0.2) is 41.4 Å². The smallest absolute Gasteiger partial charge is 0.294 e. The lowest BCUT2D eigenvalue weighted by molar-refractivity contribution is 0.474. The second kappa shape index (κ2) is 8.11. The molecule has 0 aliphatic heterocycles. The summed E-state index contributed by atoms with van der Waals surface area (Å²) in [7, 11) is -8.06. The molecule has 162 valence electrons. The van der Waals surface area contributed by atoms with Crippen molar-refractivity contribution in [3.05, 3.63) is 79.1 Å². The molecule has 11 heteroatoms. The first kappa shape index (κ1) is 21.6. The first-order chi connectivity index (χ1) is 15.1. The van der Waals surface area contributed by atoms with Crippen molar-refractivity contribution in [2.24, 2.45) is 0 Å². The number of phenols is 1. The summed E-state index contributed by atoms with van der Waals surface area (Å²) >= 11 is 0. The molecule has 32 heavy (non-hydrogen) atoms. The predicted octanol–water partition coefficient (Wildman–Crippen LogP) is 2.99. The minimum atomic E-state index is -4.31.